The zero-order valence-corrected chi connectivity index (χ0v) is 15.3. The number of nitrogens with one attached hydrogen (secondary N) is 1. The maximum Gasteiger partial charge on any atom is 0.291 e. The summed E-state index contributed by atoms with van der Waals surface area (Å²) in [6.45, 7) is 2.32. The molecule has 4 rings (SSSR count). The van der Waals surface area contributed by atoms with Crippen molar-refractivity contribution in [3.05, 3.63) is 82.7 Å². The number of hydrogen-bond donors (Lipinski definition) is 1. The Bertz CT molecular complexity index is 1210. The van der Waals surface area contributed by atoms with Gasteiger partial charge >= 0.3 is 0 Å². The van der Waals surface area contributed by atoms with Gasteiger partial charge in [-0.15, -0.1) is 0 Å². The van der Waals surface area contributed by atoms with Gasteiger partial charge in [0, 0.05) is 11.9 Å². The van der Waals surface area contributed by atoms with Gasteiger partial charge in [-0.05, 0) is 35.7 Å². The summed E-state index contributed by atoms with van der Waals surface area (Å²) in [5, 5.41) is 7.54. The number of amides is 1. The van der Waals surface area contributed by atoms with Gasteiger partial charge in [-0.25, -0.2) is 9.07 Å². The molecule has 0 saturated carbocycles. The minimum absolute atomic E-state index is 0.156. The normalized spacial score (nSPS) is 12.4. The summed E-state index contributed by atoms with van der Waals surface area (Å²) in [4.78, 5) is 25.0. The van der Waals surface area contributed by atoms with E-state index in [4.69, 9.17) is 0 Å². The molecule has 7 heteroatoms. The van der Waals surface area contributed by atoms with Crippen LogP contribution in [0.15, 0.2) is 65.7 Å². The summed E-state index contributed by atoms with van der Waals surface area (Å²) >= 11 is 0. The zero-order valence-electron chi connectivity index (χ0n) is 15.3. The van der Waals surface area contributed by atoms with Crippen molar-refractivity contribution in [1.82, 2.24) is 19.5 Å². The van der Waals surface area contributed by atoms with Gasteiger partial charge in [0.1, 0.15) is 24.2 Å². The average molecular weight is 378 g/mol. The summed E-state index contributed by atoms with van der Waals surface area (Å²) in [6, 6.07) is 15.8. The summed E-state index contributed by atoms with van der Waals surface area (Å²) in [7, 11) is 0. The number of carbonyl (C=O) groups excluding carboxylic acids is 1. The number of fused-ring (bicyclic) bond motifs is 3. The summed E-state index contributed by atoms with van der Waals surface area (Å²) in [5.41, 5.74) is 1.77. The molecule has 2 aromatic carbocycles. The van der Waals surface area contributed by atoms with Crippen LogP contribution in [0.5, 0.6) is 0 Å². The SMILES string of the molecule is CC(CNC(=O)Cn1ncn2c(cc3cc(F)ccc32)c1=O)c1ccccc1. The van der Waals surface area contributed by atoms with E-state index in [0.29, 0.717) is 23.0 Å². The molecule has 0 fully saturated rings. The highest BCUT2D eigenvalue weighted by atomic mass is 19.1. The van der Waals surface area contributed by atoms with Gasteiger partial charge in [-0.3, -0.25) is 14.0 Å². The maximum atomic E-state index is 13.4. The molecule has 0 bridgehead atoms. The molecule has 0 saturated heterocycles. The van der Waals surface area contributed by atoms with Gasteiger partial charge < -0.3 is 5.32 Å². The fourth-order valence-electron chi connectivity index (χ4n) is 3.27. The predicted molar refractivity (Wildman–Crippen MR) is 105 cm³/mol. The van der Waals surface area contributed by atoms with Crippen LogP contribution in [0.3, 0.4) is 0 Å². The van der Waals surface area contributed by atoms with Crippen molar-refractivity contribution < 1.29 is 9.18 Å². The Hall–Kier alpha value is -3.48. The molecule has 0 aliphatic rings. The highest BCUT2D eigenvalue weighted by Crippen LogP contribution is 2.18. The predicted octanol–water partition coefficient (Wildman–Crippen LogP) is 2.71. The number of carbonyl (C=O) groups is 1. The monoisotopic (exact) mass is 378 g/mol. The lowest BCUT2D eigenvalue weighted by Crippen LogP contribution is -2.35. The van der Waals surface area contributed by atoms with Gasteiger partial charge in [-0.1, -0.05) is 37.3 Å². The van der Waals surface area contributed by atoms with E-state index in [-0.39, 0.29) is 24.2 Å². The standard InChI is InChI=1S/C21H19FN4O2/c1-14(15-5-3-2-4-6-15)11-23-20(27)12-26-21(28)19-10-16-9-17(22)7-8-18(16)25(19)13-24-26/h2-10,13-14H,11-12H2,1H3,(H,23,27). The minimum atomic E-state index is -0.398. The van der Waals surface area contributed by atoms with Crippen molar-refractivity contribution in [2.45, 2.75) is 19.4 Å². The molecule has 1 N–H and O–H groups in total. The highest BCUT2D eigenvalue weighted by molar-refractivity contribution is 5.86. The second kappa shape index (κ2) is 7.26. The molecular formula is C21H19FN4O2. The molecule has 0 aliphatic carbocycles. The van der Waals surface area contributed by atoms with E-state index < -0.39 is 5.56 Å². The molecule has 4 aromatic rings. The number of benzene rings is 2. The molecule has 0 aliphatic heterocycles. The first-order valence-electron chi connectivity index (χ1n) is 9.01. The van der Waals surface area contributed by atoms with E-state index in [2.05, 4.69) is 10.4 Å². The van der Waals surface area contributed by atoms with E-state index in [1.807, 2.05) is 37.3 Å². The Labute approximate surface area is 160 Å². The number of nitrogens with zero attached hydrogens (tertiary/aromatic N) is 3. The topological polar surface area (TPSA) is 68.4 Å². The van der Waals surface area contributed by atoms with Crippen LogP contribution < -0.4 is 10.9 Å². The van der Waals surface area contributed by atoms with Gasteiger partial charge in [-0.2, -0.15) is 5.10 Å². The average Bonchev–Trinajstić information content (AvgIpc) is 3.07. The third kappa shape index (κ3) is 3.38. The van der Waals surface area contributed by atoms with Gasteiger partial charge in [0.25, 0.3) is 5.56 Å². The molecular weight excluding hydrogens is 359 g/mol. The van der Waals surface area contributed by atoms with Crippen LogP contribution in [-0.2, 0) is 11.3 Å². The molecule has 2 aromatic heterocycles. The molecule has 142 valence electrons. The molecule has 2 heterocycles. The van der Waals surface area contributed by atoms with Crippen LogP contribution in [0, 0.1) is 5.82 Å². The Balaban J connectivity index is 1.51. The largest absolute Gasteiger partial charge is 0.354 e. The molecule has 28 heavy (non-hydrogen) atoms. The molecule has 1 amide bonds. The zero-order chi connectivity index (χ0) is 19.7. The van der Waals surface area contributed by atoms with Crippen LogP contribution in [0.4, 0.5) is 4.39 Å². The van der Waals surface area contributed by atoms with Crippen LogP contribution in [-0.4, -0.2) is 26.6 Å². The lowest BCUT2D eigenvalue weighted by atomic mass is 10.0. The Morgan fingerprint density at radius 1 is 1.14 bits per heavy atom. The fourth-order valence-corrected chi connectivity index (χ4v) is 3.27. The van der Waals surface area contributed by atoms with E-state index in [0.717, 1.165) is 10.2 Å². The summed E-state index contributed by atoms with van der Waals surface area (Å²) in [6.07, 6.45) is 1.47. The summed E-state index contributed by atoms with van der Waals surface area (Å²) in [5.74, 6) is -0.504. The third-order valence-corrected chi connectivity index (χ3v) is 4.83. The number of aromatic nitrogens is 3. The number of hydrogen-bond acceptors (Lipinski definition) is 3. The number of rotatable bonds is 5. The van der Waals surface area contributed by atoms with Crippen molar-refractivity contribution in [3.8, 4) is 0 Å². The van der Waals surface area contributed by atoms with Crippen molar-refractivity contribution in [2.24, 2.45) is 0 Å². The Kier molecular flexibility index (Phi) is 4.65. The van der Waals surface area contributed by atoms with Crippen LogP contribution in [0.1, 0.15) is 18.4 Å². The van der Waals surface area contributed by atoms with Gasteiger partial charge in [0.05, 0.1) is 5.52 Å². The van der Waals surface area contributed by atoms with Crippen molar-refractivity contribution in [3.63, 3.8) is 0 Å². The van der Waals surface area contributed by atoms with Gasteiger partial charge in [0.2, 0.25) is 5.91 Å². The molecule has 6 nitrogen and oxygen atoms in total. The smallest absolute Gasteiger partial charge is 0.291 e. The van der Waals surface area contributed by atoms with Gasteiger partial charge in [0.15, 0.2) is 0 Å². The van der Waals surface area contributed by atoms with Crippen LogP contribution in [0.2, 0.25) is 0 Å². The Morgan fingerprint density at radius 2 is 1.93 bits per heavy atom. The fraction of sp³-hybridized carbons (Fsp3) is 0.190. The van der Waals surface area contributed by atoms with E-state index in [9.17, 15) is 14.0 Å². The lowest BCUT2D eigenvalue weighted by Gasteiger charge is -2.13. The van der Waals surface area contributed by atoms with Crippen LogP contribution >= 0.6 is 0 Å². The van der Waals surface area contributed by atoms with Crippen molar-refractivity contribution in [1.29, 1.82) is 0 Å². The maximum absolute atomic E-state index is 13.4. The quantitative estimate of drug-likeness (QED) is 0.581. The molecule has 0 radical (unpaired) electrons. The minimum Gasteiger partial charge on any atom is -0.354 e. The van der Waals surface area contributed by atoms with Crippen molar-refractivity contribution >= 4 is 22.3 Å². The lowest BCUT2D eigenvalue weighted by molar-refractivity contribution is -0.121. The molecule has 0 spiro atoms. The van der Waals surface area contributed by atoms with E-state index in [1.165, 1.54) is 18.5 Å². The van der Waals surface area contributed by atoms with Crippen LogP contribution in [0.25, 0.3) is 16.4 Å². The van der Waals surface area contributed by atoms with Crippen molar-refractivity contribution in [2.75, 3.05) is 6.54 Å². The first-order chi connectivity index (χ1) is 13.5. The van der Waals surface area contributed by atoms with E-state index >= 15 is 0 Å². The second-order valence-electron chi connectivity index (χ2n) is 6.81. The second-order valence-corrected chi connectivity index (χ2v) is 6.81. The Morgan fingerprint density at radius 3 is 2.71 bits per heavy atom. The third-order valence-electron chi connectivity index (χ3n) is 4.83. The molecule has 1 atom stereocenters. The van der Waals surface area contributed by atoms with E-state index in [1.54, 1.807) is 16.5 Å². The number of halogens is 1. The molecule has 1 unspecified atom stereocenters. The first-order valence-corrected chi connectivity index (χ1v) is 9.01. The summed E-state index contributed by atoms with van der Waals surface area (Å²) < 4.78 is 16.1. The highest BCUT2D eigenvalue weighted by Gasteiger charge is 2.13. The first kappa shape index (κ1) is 17.9.